The van der Waals surface area contributed by atoms with Crippen LogP contribution in [-0.2, 0) is 15.1 Å². The normalized spacial score (nSPS) is 24.2. The molecule has 0 amide bonds. The topological polar surface area (TPSA) is 55.8 Å². The maximum Gasteiger partial charge on any atom is 0.349 e. The molecule has 180 valence electrons. The van der Waals surface area contributed by atoms with Crippen molar-refractivity contribution < 1.29 is 28.2 Å². The lowest BCUT2D eigenvalue weighted by Crippen LogP contribution is -2.65. The minimum absolute atomic E-state index is 0.195. The summed E-state index contributed by atoms with van der Waals surface area (Å²) in [6, 6.07) is 13.4. The number of benzene rings is 1. The molecule has 3 aromatic rings. The monoisotopic (exact) mass is 502 g/mol. The SMILES string of the molecule is O=C(O[C@H]1C[N+]2(CCCOc3ccc(F)cc3)CCC1CC2)C(O)(c1cccs1)c1cccs1. The van der Waals surface area contributed by atoms with E-state index in [1.165, 1.54) is 34.8 Å². The molecule has 3 saturated heterocycles. The van der Waals surface area contributed by atoms with Gasteiger partial charge in [0.15, 0.2) is 6.10 Å². The van der Waals surface area contributed by atoms with E-state index in [9.17, 15) is 14.3 Å². The van der Waals surface area contributed by atoms with Crippen LogP contribution in [0.1, 0.15) is 29.0 Å². The number of nitrogens with zero attached hydrogens (tertiary/aromatic N) is 1. The van der Waals surface area contributed by atoms with Gasteiger partial charge < -0.3 is 19.1 Å². The Morgan fingerprint density at radius 1 is 1.06 bits per heavy atom. The van der Waals surface area contributed by atoms with Crippen molar-refractivity contribution in [3.63, 3.8) is 0 Å². The highest BCUT2D eigenvalue weighted by molar-refractivity contribution is 7.12. The van der Waals surface area contributed by atoms with Gasteiger partial charge >= 0.3 is 5.97 Å². The lowest BCUT2D eigenvalue weighted by atomic mass is 9.83. The van der Waals surface area contributed by atoms with Gasteiger partial charge in [-0.1, -0.05) is 12.1 Å². The van der Waals surface area contributed by atoms with Gasteiger partial charge in [-0.15, -0.1) is 22.7 Å². The smallest absolute Gasteiger partial charge is 0.349 e. The summed E-state index contributed by atoms with van der Waals surface area (Å²) in [5, 5.41) is 15.3. The summed E-state index contributed by atoms with van der Waals surface area (Å²) in [6.07, 6.45) is 2.72. The van der Waals surface area contributed by atoms with Gasteiger partial charge in [-0.3, -0.25) is 0 Å². The van der Waals surface area contributed by atoms with Crippen LogP contribution in [0.3, 0.4) is 0 Å². The van der Waals surface area contributed by atoms with Gasteiger partial charge in [0.25, 0.3) is 0 Å². The summed E-state index contributed by atoms with van der Waals surface area (Å²) in [6.45, 7) is 4.45. The third kappa shape index (κ3) is 4.64. The molecule has 1 atom stereocenters. The Bertz CT molecular complexity index is 1040. The molecule has 3 aliphatic rings. The van der Waals surface area contributed by atoms with Crippen molar-refractivity contribution in [3.05, 3.63) is 74.9 Å². The van der Waals surface area contributed by atoms with Crippen LogP contribution in [0.15, 0.2) is 59.3 Å². The first-order chi connectivity index (χ1) is 16.5. The number of piperidine rings is 3. The third-order valence-corrected chi connectivity index (χ3v) is 9.17. The number of fused-ring (bicyclic) bond motifs is 3. The zero-order valence-electron chi connectivity index (χ0n) is 18.9. The summed E-state index contributed by atoms with van der Waals surface area (Å²) in [4.78, 5) is 14.6. The summed E-state index contributed by atoms with van der Waals surface area (Å²) >= 11 is 2.73. The zero-order chi connectivity index (χ0) is 23.6. The van der Waals surface area contributed by atoms with Gasteiger partial charge in [0.1, 0.15) is 18.1 Å². The molecular formula is C26H29FNO4S2+. The molecular weight excluding hydrogens is 473 g/mol. The fourth-order valence-electron chi connectivity index (χ4n) is 5.30. The molecule has 5 heterocycles. The van der Waals surface area contributed by atoms with Gasteiger partial charge in [-0.25, -0.2) is 9.18 Å². The molecule has 3 aliphatic heterocycles. The number of carbonyl (C=O) groups excluding carboxylic acids is 1. The van der Waals surface area contributed by atoms with Crippen LogP contribution >= 0.6 is 22.7 Å². The number of ether oxygens (including phenoxy) is 2. The number of carbonyl (C=O) groups is 1. The van der Waals surface area contributed by atoms with Gasteiger partial charge in [0.05, 0.1) is 36.0 Å². The summed E-state index contributed by atoms with van der Waals surface area (Å²) in [7, 11) is 0. The Hall–Kier alpha value is -2.26. The van der Waals surface area contributed by atoms with E-state index in [0.717, 1.165) is 49.9 Å². The van der Waals surface area contributed by atoms with Crippen LogP contribution < -0.4 is 4.74 Å². The Labute approximate surface area is 207 Å². The number of esters is 1. The van der Waals surface area contributed by atoms with E-state index < -0.39 is 11.6 Å². The van der Waals surface area contributed by atoms with Crippen molar-refractivity contribution >= 4 is 28.6 Å². The number of quaternary nitrogens is 1. The van der Waals surface area contributed by atoms with Crippen LogP contribution in [0.5, 0.6) is 5.75 Å². The van der Waals surface area contributed by atoms with E-state index in [2.05, 4.69) is 0 Å². The summed E-state index contributed by atoms with van der Waals surface area (Å²) < 4.78 is 25.9. The molecule has 1 N–H and O–H groups in total. The quantitative estimate of drug-likeness (QED) is 0.259. The number of aliphatic hydroxyl groups is 1. The first kappa shape index (κ1) is 23.5. The number of halogens is 1. The summed E-state index contributed by atoms with van der Waals surface area (Å²) in [5.74, 6) is 0.170. The fourth-order valence-corrected chi connectivity index (χ4v) is 7.02. The minimum Gasteiger partial charge on any atom is -0.493 e. The first-order valence-electron chi connectivity index (χ1n) is 11.7. The molecule has 3 fully saturated rings. The molecule has 6 rings (SSSR count). The molecule has 2 bridgehead atoms. The maximum absolute atomic E-state index is 13.4. The Balaban J connectivity index is 1.22. The van der Waals surface area contributed by atoms with E-state index in [1.807, 2.05) is 22.9 Å². The van der Waals surface area contributed by atoms with E-state index >= 15 is 0 Å². The van der Waals surface area contributed by atoms with Crippen LogP contribution in [0.25, 0.3) is 0 Å². The lowest BCUT2D eigenvalue weighted by Gasteiger charge is -2.52. The molecule has 2 aromatic heterocycles. The largest absolute Gasteiger partial charge is 0.493 e. The van der Waals surface area contributed by atoms with E-state index in [1.54, 1.807) is 24.3 Å². The minimum atomic E-state index is -1.76. The second kappa shape index (κ2) is 9.77. The van der Waals surface area contributed by atoms with Gasteiger partial charge in [-0.05, 0) is 47.2 Å². The van der Waals surface area contributed by atoms with E-state index in [4.69, 9.17) is 9.47 Å². The van der Waals surface area contributed by atoms with Crippen molar-refractivity contribution in [2.24, 2.45) is 5.92 Å². The van der Waals surface area contributed by atoms with Crippen molar-refractivity contribution in [1.29, 1.82) is 0 Å². The van der Waals surface area contributed by atoms with Crippen LogP contribution in [-0.4, -0.2) is 54.4 Å². The summed E-state index contributed by atoms with van der Waals surface area (Å²) in [5.41, 5.74) is -1.76. The highest BCUT2D eigenvalue weighted by atomic mass is 32.1. The Morgan fingerprint density at radius 3 is 2.29 bits per heavy atom. The molecule has 5 nitrogen and oxygen atoms in total. The fraction of sp³-hybridized carbons (Fsp3) is 0.423. The third-order valence-electron chi connectivity index (χ3n) is 7.21. The van der Waals surface area contributed by atoms with Crippen molar-refractivity contribution in [3.8, 4) is 5.75 Å². The average molecular weight is 503 g/mol. The standard InChI is InChI=1S/C26H29FNO4S2/c27-20-6-8-21(9-7-20)31-15-3-12-28-13-10-19(11-14-28)22(18-28)32-25(29)26(30,23-4-1-16-33-23)24-5-2-17-34-24/h1-2,4-9,16-17,19,22,30H,3,10-15,18H2/q+1/t19?,22-,28?/m0/s1. The Morgan fingerprint density at radius 2 is 1.71 bits per heavy atom. The van der Waals surface area contributed by atoms with Gasteiger partial charge in [0, 0.05) is 25.2 Å². The van der Waals surface area contributed by atoms with Crippen LogP contribution in [0.2, 0.25) is 0 Å². The van der Waals surface area contributed by atoms with Crippen molar-refractivity contribution in [2.75, 3.05) is 32.8 Å². The van der Waals surface area contributed by atoms with Crippen molar-refractivity contribution in [2.45, 2.75) is 31.0 Å². The highest BCUT2D eigenvalue weighted by Crippen LogP contribution is 2.40. The number of hydrogen-bond acceptors (Lipinski definition) is 6. The maximum atomic E-state index is 13.4. The predicted molar refractivity (Wildman–Crippen MR) is 130 cm³/mol. The molecule has 0 aliphatic carbocycles. The number of hydrogen-bond donors (Lipinski definition) is 1. The van der Waals surface area contributed by atoms with Gasteiger partial charge in [0.2, 0.25) is 5.60 Å². The van der Waals surface area contributed by atoms with E-state index in [-0.39, 0.29) is 11.9 Å². The molecule has 0 spiro atoms. The molecule has 0 radical (unpaired) electrons. The molecule has 1 aromatic carbocycles. The van der Waals surface area contributed by atoms with Crippen LogP contribution in [0, 0.1) is 11.7 Å². The Kier molecular flexibility index (Phi) is 6.75. The van der Waals surface area contributed by atoms with Crippen molar-refractivity contribution in [1.82, 2.24) is 0 Å². The second-order valence-electron chi connectivity index (χ2n) is 9.30. The zero-order valence-corrected chi connectivity index (χ0v) is 20.5. The average Bonchev–Trinajstić information content (AvgIpc) is 3.58. The number of thiophene rings is 2. The molecule has 0 unspecified atom stereocenters. The predicted octanol–water partition coefficient (Wildman–Crippen LogP) is 4.81. The molecule has 8 heteroatoms. The second-order valence-corrected chi connectivity index (χ2v) is 11.2. The highest BCUT2D eigenvalue weighted by Gasteiger charge is 2.51. The van der Waals surface area contributed by atoms with Crippen LogP contribution in [0.4, 0.5) is 4.39 Å². The molecule has 34 heavy (non-hydrogen) atoms. The lowest BCUT2D eigenvalue weighted by molar-refractivity contribution is -0.946. The van der Waals surface area contributed by atoms with Gasteiger partial charge in [-0.2, -0.15) is 0 Å². The first-order valence-corrected chi connectivity index (χ1v) is 13.5. The van der Waals surface area contributed by atoms with E-state index in [0.29, 0.717) is 28.0 Å². The molecule has 0 saturated carbocycles. The number of rotatable bonds is 9.